The van der Waals surface area contributed by atoms with Crippen LogP contribution in [0.4, 0.5) is 8.78 Å². The first kappa shape index (κ1) is 13.7. The molecule has 0 amide bonds. The SMILES string of the molecule is Cc1cc(C(=O)c2ccc(C)c(F)c2F)ccc1Cl. The average Bonchev–Trinajstić information content (AvgIpc) is 2.39. The molecule has 19 heavy (non-hydrogen) atoms. The zero-order chi connectivity index (χ0) is 14.2. The van der Waals surface area contributed by atoms with Crippen molar-refractivity contribution >= 4 is 17.4 Å². The zero-order valence-electron chi connectivity index (χ0n) is 10.4. The Morgan fingerprint density at radius 2 is 1.68 bits per heavy atom. The summed E-state index contributed by atoms with van der Waals surface area (Å²) in [6.45, 7) is 3.18. The second-order valence-electron chi connectivity index (χ2n) is 4.35. The molecule has 0 N–H and O–H groups in total. The highest BCUT2D eigenvalue weighted by atomic mass is 35.5. The Labute approximate surface area is 114 Å². The monoisotopic (exact) mass is 280 g/mol. The minimum absolute atomic E-state index is 0.168. The first-order chi connectivity index (χ1) is 8.91. The number of carbonyl (C=O) groups excluding carboxylic acids is 1. The fourth-order valence-corrected chi connectivity index (χ4v) is 1.88. The van der Waals surface area contributed by atoms with Gasteiger partial charge in [-0.1, -0.05) is 17.7 Å². The van der Waals surface area contributed by atoms with Gasteiger partial charge in [0.25, 0.3) is 0 Å². The van der Waals surface area contributed by atoms with Crippen molar-refractivity contribution in [2.75, 3.05) is 0 Å². The predicted molar refractivity (Wildman–Crippen MR) is 70.7 cm³/mol. The van der Waals surface area contributed by atoms with E-state index >= 15 is 0 Å². The lowest BCUT2D eigenvalue weighted by Crippen LogP contribution is -2.07. The standard InChI is InChI=1S/C15H11ClF2O/c1-8-3-5-11(14(18)13(8)17)15(19)10-4-6-12(16)9(2)7-10/h3-7H,1-2H3. The smallest absolute Gasteiger partial charge is 0.196 e. The maximum Gasteiger partial charge on any atom is 0.196 e. The van der Waals surface area contributed by atoms with Crippen molar-refractivity contribution in [3.8, 4) is 0 Å². The quantitative estimate of drug-likeness (QED) is 0.742. The molecule has 0 spiro atoms. The van der Waals surface area contributed by atoms with Gasteiger partial charge in [0.1, 0.15) is 0 Å². The van der Waals surface area contributed by atoms with Crippen LogP contribution in [0.1, 0.15) is 27.0 Å². The normalized spacial score (nSPS) is 10.6. The number of carbonyl (C=O) groups is 1. The molecule has 2 aromatic carbocycles. The molecule has 98 valence electrons. The topological polar surface area (TPSA) is 17.1 Å². The number of benzene rings is 2. The fourth-order valence-electron chi connectivity index (χ4n) is 1.76. The van der Waals surface area contributed by atoms with Gasteiger partial charge in [-0.25, -0.2) is 8.78 Å². The number of hydrogen-bond donors (Lipinski definition) is 0. The van der Waals surface area contributed by atoms with E-state index in [1.165, 1.54) is 25.1 Å². The average molecular weight is 281 g/mol. The van der Waals surface area contributed by atoms with Crippen LogP contribution in [-0.4, -0.2) is 5.78 Å². The minimum Gasteiger partial charge on any atom is -0.288 e. The lowest BCUT2D eigenvalue weighted by atomic mass is 10.00. The molecule has 0 unspecified atom stereocenters. The Balaban J connectivity index is 2.50. The molecule has 2 aromatic rings. The van der Waals surface area contributed by atoms with E-state index in [-0.39, 0.29) is 16.7 Å². The summed E-state index contributed by atoms with van der Waals surface area (Å²) in [6.07, 6.45) is 0. The van der Waals surface area contributed by atoms with Crippen molar-refractivity contribution in [1.82, 2.24) is 0 Å². The second-order valence-corrected chi connectivity index (χ2v) is 4.76. The van der Waals surface area contributed by atoms with Crippen molar-refractivity contribution < 1.29 is 13.6 Å². The molecule has 0 saturated heterocycles. The van der Waals surface area contributed by atoms with Gasteiger partial charge in [0.05, 0.1) is 5.56 Å². The Kier molecular flexibility index (Phi) is 3.67. The van der Waals surface area contributed by atoms with Crippen molar-refractivity contribution in [2.24, 2.45) is 0 Å². The van der Waals surface area contributed by atoms with Crippen molar-refractivity contribution in [2.45, 2.75) is 13.8 Å². The first-order valence-corrected chi connectivity index (χ1v) is 6.05. The summed E-state index contributed by atoms with van der Waals surface area (Å²) in [4.78, 5) is 12.1. The molecule has 4 heteroatoms. The molecule has 0 heterocycles. The van der Waals surface area contributed by atoms with Gasteiger partial charge in [-0.05, 0) is 49.2 Å². The van der Waals surface area contributed by atoms with Crippen LogP contribution in [0, 0.1) is 25.5 Å². The maximum absolute atomic E-state index is 13.8. The van der Waals surface area contributed by atoms with E-state index in [1.807, 2.05) is 0 Å². The van der Waals surface area contributed by atoms with E-state index in [1.54, 1.807) is 19.1 Å². The summed E-state index contributed by atoms with van der Waals surface area (Å²) in [5, 5.41) is 0.520. The molecule has 0 bridgehead atoms. The fraction of sp³-hybridized carbons (Fsp3) is 0.133. The predicted octanol–water partition coefficient (Wildman–Crippen LogP) is 4.47. The molecule has 0 saturated carbocycles. The van der Waals surface area contributed by atoms with E-state index in [2.05, 4.69) is 0 Å². The number of aryl methyl sites for hydroxylation is 2. The molecule has 0 aliphatic heterocycles. The van der Waals surface area contributed by atoms with Crippen molar-refractivity contribution in [3.05, 3.63) is 69.2 Å². The van der Waals surface area contributed by atoms with E-state index in [4.69, 9.17) is 11.6 Å². The van der Waals surface area contributed by atoms with Crippen LogP contribution in [0.3, 0.4) is 0 Å². The minimum atomic E-state index is -1.11. The maximum atomic E-state index is 13.8. The van der Waals surface area contributed by atoms with Crippen molar-refractivity contribution in [1.29, 1.82) is 0 Å². The molecule has 0 aliphatic carbocycles. The summed E-state index contributed by atoms with van der Waals surface area (Å²) < 4.78 is 27.2. The molecule has 0 fully saturated rings. The van der Waals surface area contributed by atoms with Crippen LogP contribution < -0.4 is 0 Å². The lowest BCUT2D eigenvalue weighted by molar-refractivity contribution is 0.103. The van der Waals surface area contributed by atoms with E-state index in [0.29, 0.717) is 10.6 Å². The van der Waals surface area contributed by atoms with Gasteiger partial charge in [0.15, 0.2) is 17.4 Å². The number of hydrogen-bond acceptors (Lipinski definition) is 1. The third-order valence-corrected chi connectivity index (χ3v) is 3.36. The Morgan fingerprint density at radius 1 is 1.00 bits per heavy atom. The highest BCUT2D eigenvalue weighted by Crippen LogP contribution is 2.22. The van der Waals surface area contributed by atoms with Crippen LogP contribution in [0.15, 0.2) is 30.3 Å². The van der Waals surface area contributed by atoms with Crippen LogP contribution in [0.25, 0.3) is 0 Å². The van der Waals surface area contributed by atoms with Gasteiger partial charge in [-0.3, -0.25) is 4.79 Å². The summed E-state index contributed by atoms with van der Waals surface area (Å²) in [7, 11) is 0. The van der Waals surface area contributed by atoms with E-state index in [0.717, 1.165) is 0 Å². The van der Waals surface area contributed by atoms with Crippen LogP contribution in [0.2, 0.25) is 5.02 Å². The molecule has 2 rings (SSSR count). The summed E-state index contributed by atoms with van der Waals surface area (Å²) in [6, 6.07) is 7.29. The highest BCUT2D eigenvalue weighted by molar-refractivity contribution is 6.31. The van der Waals surface area contributed by atoms with Crippen LogP contribution in [0.5, 0.6) is 0 Å². The molecule has 0 aliphatic rings. The van der Waals surface area contributed by atoms with Crippen molar-refractivity contribution in [3.63, 3.8) is 0 Å². The van der Waals surface area contributed by atoms with Crippen LogP contribution in [-0.2, 0) is 0 Å². The van der Waals surface area contributed by atoms with Gasteiger partial charge >= 0.3 is 0 Å². The van der Waals surface area contributed by atoms with E-state index < -0.39 is 17.4 Å². The second kappa shape index (κ2) is 5.10. The lowest BCUT2D eigenvalue weighted by Gasteiger charge is -2.07. The largest absolute Gasteiger partial charge is 0.288 e. The third kappa shape index (κ3) is 2.51. The summed E-state index contributed by atoms with van der Waals surface area (Å²) >= 11 is 5.86. The molecule has 0 radical (unpaired) electrons. The van der Waals surface area contributed by atoms with Gasteiger partial charge in [0.2, 0.25) is 0 Å². The number of rotatable bonds is 2. The summed E-state index contributed by atoms with van der Waals surface area (Å²) in [5.74, 6) is -2.66. The summed E-state index contributed by atoms with van der Waals surface area (Å²) in [5.41, 5.74) is 0.885. The zero-order valence-corrected chi connectivity index (χ0v) is 11.2. The van der Waals surface area contributed by atoms with Gasteiger partial charge < -0.3 is 0 Å². The molecule has 0 atom stereocenters. The van der Waals surface area contributed by atoms with Crippen LogP contribution >= 0.6 is 11.6 Å². The molecular formula is C15H11ClF2O. The van der Waals surface area contributed by atoms with Gasteiger partial charge in [0, 0.05) is 10.6 Å². The third-order valence-electron chi connectivity index (χ3n) is 2.94. The highest BCUT2D eigenvalue weighted by Gasteiger charge is 2.18. The van der Waals surface area contributed by atoms with E-state index in [9.17, 15) is 13.6 Å². The molecule has 0 aromatic heterocycles. The first-order valence-electron chi connectivity index (χ1n) is 5.67. The molecule has 1 nitrogen and oxygen atoms in total. The Hall–Kier alpha value is -1.74. The van der Waals surface area contributed by atoms with Gasteiger partial charge in [-0.15, -0.1) is 0 Å². The Bertz CT molecular complexity index is 665. The molecular weight excluding hydrogens is 270 g/mol. The number of ketones is 1. The number of halogens is 3. The Morgan fingerprint density at radius 3 is 2.32 bits per heavy atom. The van der Waals surface area contributed by atoms with Gasteiger partial charge in [-0.2, -0.15) is 0 Å².